The molecule has 1 aliphatic carbocycles. The van der Waals surface area contributed by atoms with Crippen LogP contribution in [-0.4, -0.2) is 31.8 Å². The summed E-state index contributed by atoms with van der Waals surface area (Å²) in [5.74, 6) is -0.192. The van der Waals surface area contributed by atoms with Crippen LogP contribution in [0, 0.1) is 17.6 Å². The predicted octanol–water partition coefficient (Wildman–Crippen LogP) is 7.19. The van der Waals surface area contributed by atoms with Gasteiger partial charge in [-0.25, -0.2) is 13.2 Å². The van der Waals surface area contributed by atoms with Crippen molar-refractivity contribution in [2.75, 3.05) is 19.8 Å². The minimum atomic E-state index is -1.38. The Labute approximate surface area is 194 Å². The molecule has 2 aromatic rings. The van der Waals surface area contributed by atoms with Crippen molar-refractivity contribution < 1.29 is 27.4 Å². The highest BCUT2D eigenvalue weighted by atomic mass is 19.1. The Balaban J connectivity index is 1.36. The number of halogens is 3. The normalized spacial score (nSPS) is 28.0. The zero-order chi connectivity index (χ0) is 23.4. The van der Waals surface area contributed by atoms with E-state index < -0.39 is 11.5 Å². The van der Waals surface area contributed by atoms with Gasteiger partial charge in [-0.2, -0.15) is 0 Å². The SMILES string of the molecule is CCCC1(F)COC(C2CCC(c3ccc(-c4ccc(OCC)c(F)c4)cc3F)CC2)OC1. The smallest absolute Gasteiger partial charge is 0.165 e. The second kappa shape index (κ2) is 10.5. The van der Waals surface area contributed by atoms with E-state index in [2.05, 4.69) is 0 Å². The third-order valence-electron chi connectivity index (χ3n) is 6.87. The van der Waals surface area contributed by atoms with Gasteiger partial charge >= 0.3 is 0 Å². The van der Waals surface area contributed by atoms with Gasteiger partial charge in [0.2, 0.25) is 0 Å². The van der Waals surface area contributed by atoms with Gasteiger partial charge < -0.3 is 14.2 Å². The lowest BCUT2D eigenvalue weighted by molar-refractivity contribution is -0.257. The van der Waals surface area contributed by atoms with Crippen molar-refractivity contribution in [3.05, 3.63) is 53.6 Å². The summed E-state index contributed by atoms with van der Waals surface area (Å²) in [6, 6.07) is 9.84. The zero-order valence-electron chi connectivity index (χ0n) is 19.4. The van der Waals surface area contributed by atoms with Gasteiger partial charge in [-0.1, -0.05) is 31.5 Å². The highest BCUT2D eigenvalue weighted by Crippen LogP contribution is 2.41. The summed E-state index contributed by atoms with van der Waals surface area (Å²) in [6.07, 6.45) is 4.21. The molecule has 2 fully saturated rings. The van der Waals surface area contributed by atoms with Crippen LogP contribution in [0.3, 0.4) is 0 Å². The van der Waals surface area contributed by atoms with E-state index in [-0.39, 0.29) is 42.9 Å². The van der Waals surface area contributed by atoms with Crippen molar-refractivity contribution in [1.29, 1.82) is 0 Å². The molecule has 0 radical (unpaired) electrons. The first-order chi connectivity index (χ1) is 15.9. The minimum Gasteiger partial charge on any atom is -0.491 e. The maximum absolute atomic E-state index is 15.0. The summed E-state index contributed by atoms with van der Waals surface area (Å²) in [6.45, 7) is 4.32. The van der Waals surface area contributed by atoms with Crippen LogP contribution in [0.1, 0.15) is 63.9 Å². The third-order valence-corrected chi connectivity index (χ3v) is 6.87. The molecule has 2 aliphatic rings. The van der Waals surface area contributed by atoms with E-state index in [1.54, 1.807) is 19.1 Å². The van der Waals surface area contributed by atoms with Gasteiger partial charge in [-0.15, -0.1) is 0 Å². The van der Waals surface area contributed by atoms with Gasteiger partial charge in [-0.05, 0) is 79.8 Å². The molecule has 180 valence electrons. The van der Waals surface area contributed by atoms with Gasteiger partial charge in [-0.3, -0.25) is 0 Å². The summed E-state index contributed by atoms with van der Waals surface area (Å²) in [4.78, 5) is 0. The molecular weight excluding hydrogens is 429 g/mol. The number of rotatable bonds is 7. The van der Waals surface area contributed by atoms with Crippen LogP contribution in [0.25, 0.3) is 11.1 Å². The van der Waals surface area contributed by atoms with Crippen LogP contribution in [0.4, 0.5) is 13.2 Å². The molecule has 0 amide bonds. The quantitative estimate of drug-likeness (QED) is 0.436. The molecule has 0 aromatic heterocycles. The van der Waals surface area contributed by atoms with Crippen LogP contribution < -0.4 is 4.74 Å². The average molecular weight is 463 g/mol. The molecule has 0 bridgehead atoms. The maximum atomic E-state index is 15.0. The number of benzene rings is 2. The number of alkyl halides is 1. The fraction of sp³-hybridized carbons (Fsp3) is 0.556. The molecule has 1 heterocycles. The molecule has 6 heteroatoms. The Morgan fingerprint density at radius 3 is 2.12 bits per heavy atom. The molecule has 0 atom stereocenters. The van der Waals surface area contributed by atoms with Crippen molar-refractivity contribution >= 4 is 0 Å². The van der Waals surface area contributed by atoms with E-state index in [4.69, 9.17) is 14.2 Å². The van der Waals surface area contributed by atoms with Crippen LogP contribution in [-0.2, 0) is 9.47 Å². The van der Waals surface area contributed by atoms with E-state index in [1.165, 1.54) is 12.1 Å². The fourth-order valence-electron chi connectivity index (χ4n) is 5.11. The zero-order valence-corrected chi connectivity index (χ0v) is 19.4. The van der Waals surface area contributed by atoms with Crippen LogP contribution in [0.15, 0.2) is 36.4 Å². The van der Waals surface area contributed by atoms with E-state index in [0.29, 0.717) is 29.7 Å². The number of hydrogen-bond donors (Lipinski definition) is 0. The van der Waals surface area contributed by atoms with E-state index in [1.807, 2.05) is 19.1 Å². The van der Waals surface area contributed by atoms with Gasteiger partial charge in [0.25, 0.3) is 0 Å². The lowest BCUT2D eigenvalue weighted by Crippen LogP contribution is -2.46. The first kappa shape index (κ1) is 24.1. The highest BCUT2D eigenvalue weighted by molar-refractivity contribution is 5.65. The molecule has 4 rings (SSSR count). The lowest BCUT2D eigenvalue weighted by atomic mass is 9.78. The number of ether oxygens (including phenoxy) is 3. The highest BCUT2D eigenvalue weighted by Gasteiger charge is 2.40. The van der Waals surface area contributed by atoms with E-state index in [0.717, 1.165) is 32.1 Å². The lowest BCUT2D eigenvalue weighted by Gasteiger charge is -2.40. The van der Waals surface area contributed by atoms with Crippen molar-refractivity contribution in [3.8, 4) is 16.9 Å². The monoisotopic (exact) mass is 462 g/mol. The molecule has 1 saturated carbocycles. The largest absolute Gasteiger partial charge is 0.491 e. The summed E-state index contributed by atoms with van der Waals surface area (Å²) >= 11 is 0. The first-order valence-corrected chi connectivity index (χ1v) is 12.1. The molecule has 0 unspecified atom stereocenters. The van der Waals surface area contributed by atoms with Crippen LogP contribution in [0.2, 0.25) is 0 Å². The molecule has 0 spiro atoms. The standard InChI is InChI=1S/C27H33F3O3/c1-3-13-27(30)16-32-26(33-17-27)19-7-5-18(6-8-19)22-11-9-20(14-23(22)28)21-10-12-25(31-4-2)24(29)15-21/h9-12,14-15,18-19,26H,3-8,13,16-17H2,1-2H3. The summed E-state index contributed by atoms with van der Waals surface area (Å²) in [7, 11) is 0. The van der Waals surface area contributed by atoms with Crippen LogP contribution in [0.5, 0.6) is 5.75 Å². The number of hydrogen-bond acceptors (Lipinski definition) is 3. The molecule has 1 aliphatic heterocycles. The minimum absolute atomic E-state index is 0.0909. The second-order valence-corrected chi connectivity index (χ2v) is 9.32. The Morgan fingerprint density at radius 1 is 0.909 bits per heavy atom. The Bertz CT molecular complexity index is 932. The molecule has 33 heavy (non-hydrogen) atoms. The Kier molecular flexibility index (Phi) is 7.65. The van der Waals surface area contributed by atoms with Gasteiger partial charge in [0.05, 0.1) is 19.8 Å². The summed E-state index contributed by atoms with van der Waals surface area (Å²) in [5.41, 5.74) is 0.570. The molecule has 2 aromatic carbocycles. The maximum Gasteiger partial charge on any atom is 0.165 e. The van der Waals surface area contributed by atoms with E-state index in [9.17, 15) is 8.78 Å². The Morgan fingerprint density at radius 2 is 1.55 bits per heavy atom. The van der Waals surface area contributed by atoms with Gasteiger partial charge in [0.1, 0.15) is 5.82 Å². The fourth-order valence-corrected chi connectivity index (χ4v) is 5.11. The summed E-state index contributed by atoms with van der Waals surface area (Å²) < 4.78 is 60.5. The average Bonchev–Trinajstić information content (AvgIpc) is 2.81. The van der Waals surface area contributed by atoms with Crippen molar-refractivity contribution in [1.82, 2.24) is 0 Å². The van der Waals surface area contributed by atoms with Gasteiger partial charge in [0.15, 0.2) is 23.5 Å². The third kappa shape index (κ3) is 5.55. The van der Waals surface area contributed by atoms with Crippen molar-refractivity contribution in [2.45, 2.75) is 70.2 Å². The Hall–Kier alpha value is -2.05. The molecule has 0 N–H and O–H groups in total. The van der Waals surface area contributed by atoms with Gasteiger partial charge in [0, 0.05) is 5.92 Å². The van der Waals surface area contributed by atoms with E-state index >= 15 is 4.39 Å². The predicted molar refractivity (Wildman–Crippen MR) is 122 cm³/mol. The van der Waals surface area contributed by atoms with Crippen molar-refractivity contribution in [2.24, 2.45) is 5.92 Å². The molecule has 3 nitrogen and oxygen atoms in total. The first-order valence-electron chi connectivity index (χ1n) is 12.1. The molecular formula is C27H33F3O3. The van der Waals surface area contributed by atoms with Crippen LogP contribution >= 0.6 is 0 Å². The second-order valence-electron chi connectivity index (χ2n) is 9.32. The molecule has 1 saturated heterocycles. The summed E-state index contributed by atoms with van der Waals surface area (Å²) in [5, 5.41) is 0. The topological polar surface area (TPSA) is 27.7 Å². The van der Waals surface area contributed by atoms with Crippen molar-refractivity contribution in [3.63, 3.8) is 0 Å².